The van der Waals surface area contributed by atoms with Gasteiger partial charge >= 0.3 is 0 Å². The Balaban J connectivity index is 2.35. The molecule has 0 bridgehead atoms. The summed E-state index contributed by atoms with van der Waals surface area (Å²) in [7, 11) is 0. The zero-order valence-corrected chi connectivity index (χ0v) is 13.3. The Labute approximate surface area is 131 Å². The van der Waals surface area contributed by atoms with E-state index in [1.165, 1.54) is 0 Å². The quantitative estimate of drug-likeness (QED) is 0.580. The lowest BCUT2D eigenvalue weighted by Gasteiger charge is -2.12. The molecule has 21 heavy (non-hydrogen) atoms. The van der Waals surface area contributed by atoms with Crippen molar-refractivity contribution in [1.29, 1.82) is 5.26 Å². The summed E-state index contributed by atoms with van der Waals surface area (Å²) < 4.78 is 0.786. The Morgan fingerprint density at radius 1 is 1.24 bits per heavy atom. The molecule has 0 saturated carbocycles. The molecule has 0 fully saturated rings. The van der Waals surface area contributed by atoms with Crippen LogP contribution in [0.1, 0.15) is 31.2 Å². The highest BCUT2D eigenvalue weighted by molar-refractivity contribution is 9.10. The molecule has 0 aliphatic heterocycles. The molecule has 0 aliphatic carbocycles. The summed E-state index contributed by atoms with van der Waals surface area (Å²) >= 11 is 3.43. The summed E-state index contributed by atoms with van der Waals surface area (Å²) in [6.07, 6.45) is 0. The van der Waals surface area contributed by atoms with Gasteiger partial charge in [0.2, 0.25) is 0 Å². The first kappa shape index (κ1) is 15.2. The minimum atomic E-state index is 0.184. The highest BCUT2D eigenvalue weighted by Gasteiger charge is 2.09. The first-order valence-corrected chi connectivity index (χ1v) is 7.15. The van der Waals surface area contributed by atoms with Gasteiger partial charge in [0.1, 0.15) is 17.5 Å². The van der Waals surface area contributed by atoms with Gasteiger partial charge in [-0.2, -0.15) is 5.26 Å². The molecule has 0 atom stereocenters. The van der Waals surface area contributed by atoms with Gasteiger partial charge in [-0.15, -0.1) is 0 Å². The van der Waals surface area contributed by atoms with Gasteiger partial charge in [-0.3, -0.25) is 0 Å². The van der Waals surface area contributed by atoms with Crippen molar-refractivity contribution in [3.05, 3.63) is 40.1 Å². The zero-order chi connectivity index (χ0) is 15.4. The monoisotopic (exact) mass is 346 g/mol. The third-order valence-electron chi connectivity index (χ3n) is 2.77. The Morgan fingerprint density at radius 2 is 1.95 bits per heavy atom. The summed E-state index contributed by atoms with van der Waals surface area (Å²) in [5.74, 6) is 7.49. The predicted molar refractivity (Wildman–Crippen MR) is 86.1 cm³/mol. The van der Waals surface area contributed by atoms with E-state index < -0.39 is 0 Å². The second-order valence-electron chi connectivity index (χ2n) is 4.73. The number of nitrogens with zero attached hydrogens (tertiary/aromatic N) is 3. The maximum absolute atomic E-state index is 8.87. The number of hydrogen-bond donors (Lipinski definition) is 3. The smallest absolute Gasteiger partial charge is 0.145 e. The third-order valence-corrected chi connectivity index (χ3v) is 3.42. The SMILES string of the molecule is CC(C)c1nc(NN)cc(Nc2ccc(C#N)cc2Br)n1. The highest BCUT2D eigenvalue weighted by Crippen LogP contribution is 2.27. The van der Waals surface area contributed by atoms with Crippen LogP contribution in [0.5, 0.6) is 0 Å². The fraction of sp³-hybridized carbons (Fsp3) is 0.214. The van der Waals surface area contributed by atoms with E-state index in [1.807, 2.05) is 19.9 Å². The molecule has 108 valence electrons. The van der Waals surface area contributed by atoms with Gasteiger partial charge in [-0.1, -0.05) is 13.8 Å². The molecular weight excluding hydrogens is 332 g/mol. The van der Waals surface area contributed by atoms with E-state index in [0.29, 0.717) is 23.0 Å². The molecule has 7 heteroatoms. The van der Waals surface area contributed by atoms with Crippen LogP contribution in [0.25, 0.3) is 0 Å². The van der Waals surface area contributed by atoms with Crippen molar-refractivity contribution < 1.29 is 0 Å². The number of nitrogens with two attached hydrogens (primary N) is 1. The van der Waals surface area contributed by atoms with E-state index in [0.717, 1.165) is 10.2 Å². The molecule has 0 radical (unpaired) electrons. The fourth-order valence-electron chi connectivity index (χ4n) is 1.69. The van der Waals surface area contributed by atoms with Crippen LogP contribution in [0.2, 0.25) is 0 Å². The number of nitrogen functional groups attached to an aromatic ring is 1. The fourth-order valence-corrected chi connectivity index (χ4v) is 2.16. The number of hydrazine groups is 1. The summed E-state index contributed by atoms with van der Waals surface area (Å²) in [6, 6.07) is 9.11. The van der Waals surface area contributed by atoms with E-state index in [4.69, 9.17) is 11.1 Å². The van der Waals surface area contributed by atoms with Crippen LogP contribution >= 0.6 is 15.9 Å². The lowest BCUT2D eigenvalue weighted by atomic mass is 10.2. The number of aromatic nitrogens is 2. The topological polar surface area (TPSA) is 99.6 Å². The number of rotatable bonds is 4. The third kappa shape index (κ3) is 3.68. The standard InChI is InChI=1S/C14H15BrN6/c1-8(2)14-19-12(6-13(20-14)21-17)18-11-4-3-9(7-16)5-10(11)15/h3-6,8H,17H2,1-2H3,(H2,18,19,20,21). The minimum Gasteiger partial charge on any atom is -0.339 e. The molecule has 0 aliphatic rings. The van der Waals surface area contributed by atoms with Crippen LogP contribution in [-0.2, 0) is 0 Å². The van der Waals surface area contributed by atoms with Crippen LogP contribution < -0.4 is 16.6 Å². The molecule has 4 N–H and O–H groups in total. The van der Waals surface area contributed by atoms with Gasteiger partial charge in [-0.05, 0) is 34.1 Å². The van der Waals surface area contributed by atoms with Gasteiger partial charge in [0.15, 0.2) is 0 Å². The van der Waals surface area contributed by atoms with Crippen molar-refractivity contribution in [2.24, 2.45) is 5.84 Å². The number of hydrogen-bond acceptors (Lipinski definition) is 6. The molecular formula is C14H15BrN6. The molecule has 1 heterocycles. The summed E-state index contributed by atoms with van der Waals surface area (Å²) in [4.78, 5) is 8.76. The lowest BCUT2D eigenvalue weighted by Crippen LogP contribution is -2.12. The molecule has 2 rings (SSSR count). The van der Waals surface area contributed by atoms with Crippen LogP contribution in [0.15, 0.2) is 28.7 Å². The largest absolute Gasteiger partial charge is 0.339 e. The number of anilines is 3. The Hall–Kier alpha value is -2.17. The van der Waals surface area contributed by atoms with Crippen LogP contribution in [0.3, 0.4) is 0 Å². The van der Waals surface area contributed by atoms with Gasteiger partial charge in [0.05, 0.1) is 17.3 Å². The van der Waals surface area contributed by atoms with Crippen molar-refractivity contribution in [3.63, 3.8) is 0 Å². The van der Waals surface area contributed by atoms with E-state index in [1.54, 1.807) is 18.2 Å². The second-order valence-corrected chi connectivity index (χ2v) is 5.58. The summed E-state index contributed by atoms with van der Waals surface area (Å²) in [5.41, 5.74) is 3.93. The van der Waals surface area contributed by atoms with E-state index in [9.17, 15) is 0 Å². The Kier molecular flexibility index (Phi) is 4.73. The maximum atomic E-state index is 8.87. The molecule has 0 spiro atoms. The molecule has 0 saturated heterocycles. The number of nitriles is 1. The molecule has 1 aromatic carbocycles. The molecule has 1 aromatic heterocycles. The van der Waals surface area contributed by atoms with Crippen LogP contribution in [0, 0.1) is 11.3 Å². The predicted octanol–water partition coefficient (Wildman–Crippen LogP) is 3.26. The van der Waals surface area contributed by atoms with Gasteiger partial charge in [-0.25, -0.2) is 15.8 Å². The summed E-state index contributed by atoms with van der Waals surface area (Å²) in [6.45, 7) is 4.02. The molecule has 6 nitrogen and oxygen atoms in total. The van der Waals surface area contributed by atoms with Gasteiger partial charge < -0.3 is 10.7 Å². The van der Waals surface area contributed by atoms with E-state index in [-0.39, 0.29) is 5.92 Å². The van der Waals surface area contributed by atoms with Crippen molar-refractivity contribution in [2.75, 3.05) is 10.7 Å². The Bertz CT molecular complexity index is 692. The molecule has 0 amide bonds. The van der Waals surface area contributed by atoms with Crippen molar-refractivity contribution in [3.8, 4) is 6.07 Å². The maximum Gasteiger partial charge on any atom is 0.145 e. The van der Waals surface area contributed by atoms with Crippen LogP contribution in [0.4, 0.5) is 17.3 Å². The average molecular weight is 347 g/mol. The molecule has 2 aromatic rings. The summed E-state index contributed by atoms with van der Waals surface area (Å²) in [5, 5.41) is 12.1. The van der Waals surface area contributed by atoms with Gasteiger partial charge in [0.25, 0.3) is 0 Å². The molecule has 0 unspecified atom stereocenters. The van der Waals surface area contributed by atoms with Crippen molar-refractivity contribution in [2.45, 2.75) is 19.8 Å². The minimum absolute atomic E-state index is 0.184. The Morgan fingerprint density at radius 3 is 2.52 bits per heavy atom. The highest BCUT2D eigenvalue weighted by atomic mass is 79.9. The van der Waals surface area contributed by atoms with Crippen molar-refractivity contribution in [1.82, 2.24) is 9.97 Å². The van der Waals surface area contributed by atoms with E-state index in [2.05, 4.69) is 42.7 Å². The number of benzene rings is 1. The lowest BCUT2D eigenvalue weighted by molar-refractivity contribution is 0.777. The normalized spacial score (nSPS) is 10.3. The van der Waals surface area contributed by atoms with Crippen LogP contribution in [-0.4, -0.2) is 9.97 Å². The zero-order valence-electron chi connectivity index (χ0n) is 11.7. The van der Waals surface area contributed by atoms with E-state index >= 15 is 0 Å². The first-order valence-electron chi connectivity index (χ1n) is 6.35. The average Bonchev–Trinajstić information content (AvgIpc) is 2.48. The number of halogens is 1. The number of nitrogens with one attached hydrogen (secondary N) is 2. The first-order chi connectivity index (χ1) is 10.0. The van der Waals surface area contributed by atoms with Gasteiger partial charge in [0, 0.05) is 16.5 Å². The second kappa shape index (κ2) is 6.52. The van der Waals surface area contributed by atoms with Crippen molar-refractivity contribution >= 4 is 33.3 Å².